The van der Waals surface area contributed by atoms with E-state index in [1.807, 2.05) is 6.20 Å². The molecule has 0 unspecified atom stereocenters. The predicted molar refractivity (Wildman–Crippen MR) is 80.6 cm³/mol. The Bertz CT molecular complexity index is 389. The third-order valence-electron chi connectivity index (χ3n) is 2.84. The first kappa shape index (κ1) is 15.7. The molecule has 1 heterocycles. The van der Waals surface area contributed by atoms with Crippen LogP contribution in [0.3, 0.4) is 0 Å². The van der Waals surface area contributed by atoms with E-state index in [-0.39, 0.29) is 0 Å². The van der Waals surface area contributed by atoms with E-state index in [1.54, 1.807) is 0 Å². The molecule has 0 aliphatic heterocycles. The molecule has 0 aliphatic carbocycles. The number of terminal acetylenes is 1. The van der Waals surface area contributed by atoms with Gasteiger partial charge in [-0.25, -0.2) is 0 Å². The van der Waals surface area contributed by atoms with Crippen molar-refractivity contribution in [2.75, 3.05) is 13.1 Å². The van der Waals surface area contributed by atoms with E-state index in [9.17, 15) is 0 Å². The van der Waals surface area contributed by atoms with Gasteiger partial charge in [0.25, 0.3) is 0 Å². The highest BCUT2D eigenvalue weighted by Gasteiger charge is 2.04. The van der Waals surface area contributed by atoms with Gasteiger partial charge in [0, 0.05) is 25.3 Å². The maximum Gasteiger partial charge on any atom is 0.0602 e. The van der Waals surface area contributed by atoms with Crippen molar-refractivity contribution in [3.05, 3.63) is 29.6 Å². The standard InChI is InChI=1S/C16H25N3/c1-5-9-19(10-6-2)13-16-8-7-15(12-18-16)11-17-14(3)4/h1,7-8,12,14,17H,6,9-11,13H2,2-4H3. The molecule has 0 aliphatic rings. The van der Waals surface area contributed by atoms with Crippen LogP contribution in [0.5, 0.6) is 0 Å². The van der Waals surface area contributed by atoms with Gasteiger partial charge in [-0.05, 0) is 24.6 Å². The van der Waals surface area contributed by atoms with Crippen LogP contribution in [0.2, 0.25) is 0 Å². The zero-order valence-corrected chi connectivity index (χ0v) is 12.3. The minimum atomic E-state index is 0.496. The number of hydrogen-bond acceptors (Lipinski definition) is 3. The quantitative estimate of drug-likeness (QED) is 0.727. The van der Waals surface area contributed by atoms with Gasteiger partial charge in [-0.15, -0.1) is 6.42 Å². The molecular formula is C16H25N3. The van der Waals surface area contributed by atoms with Crippen LogP contribution in [-0.2, 0) is 13.1 Å². The second kappa shape index (κ2) is 8.68. The molecule has 104 valence electrons. The summed E-state index contributed by atoms with van der Waals surface area (Å²) < 4.78 is 0. The van der Waals surface area contributed by atoms with E-state index >= 15 is 0 Å². The molecule has 1 aromatic rings. The second-order valence-corrected chi connectivity index (χ2v) is 5.11. The van der Waals surface area contributed by atoms with Crippen molar-refractivity contribution < 1.29 is 0 Å². The molecule has 0 bridgehead atoms. The van der Waals surface area contributed by atoms with Gasteiger partial charge in [0.2, 0.25) is 0 Å². The maximum absolute atomic E-state index is 5.38. The third kappa shape index (κ3) is 6.37. The first-order valence-corrected chi connectivity index (χ1v) is 6.98. The summed E-state index contributed by atoms with van der Waals surface area (Å²) in [6, 6.07) is 4.73. The molecule has 0 spiro atoms. The fourth-order valence-corrected chi connectivity index (χ4v) is 1.86. The van der Waals surface area contributed by atoms with Crippen LogP contribution in [0.1, 0.15) is 38.4 Å². The summed E-state index contributed by atoms with van der Waals surface area (Å²) in [7, 11) is 0. The molecule has 1 N–H and O–H groups in total. The summed E-state index contributed by atoms with van der Waals surface area (Å²) in [4.78, 5) is 6.76. The summed E-state index contributed by atoms with van der Waals surface area (Å²) in [5.41, 5.74) is 2.30. The van der Waals surface area contributed by atoms with Crippen molar-refractivity contribution >= 4 is 0 Å². The third-order valence-corrected chi connectivity index (χ3v) is 2.84. The number of pyridine rings is 1. The Kier molecular flexibility index (Phi) is 7.17. The summed E-state index contributed by atoms with van der Waals surface area (Å²) in [6.45, 7) is 9.85. The van der Waals surface area contributed by atoms with E-state index < -0.39 is 0 Å². The van der Waals surface area contributed by atoms with E-state index in [0.29, 0.717) is 12.6 Å². The Hall–Kier alpha value is -1.37. The molecular weight excluding hydrogens is 234 g/mol. The molecule has 0 radical (unpaired) electrons. The van der Waals surface area contributed by atoms with Crippen molar-refractivity contribution in [2.45, 2.75) is 46.3 Å². The van der Waals surface area contributed by atoms with Gasteiger partial charge in [0.1, 0.15) is 0 Å². The SMILES string of the molecule is C#CCN(CCC)Cc1ccc(CNC(C)C)cn1. The number of nitrogens with zero attached hydrogens (tertiary/aromatic N) is 2. The highest BCUT2D eigenvalue weighted by Crippen LogP contribution is 2.05. The van der Waals surface area contributed by atoms with Gasteiger partial charge in [0.15, 0.2) is 0 Å². The highest BCUT2D eigenvalue weighted by atomic mass is 15.1. The topological polar surface area (TPSA) is 28.2 Å². The first-order chi connectivity index (χ1) is 9.15. The van der Waals surface area contributed by atoms with Crippen molar-refractivity contribution in [3.63, 3.8) is 0 Å². The molecule has 3 heteroatoms. The summed E-state index contributed by atoms with van der Waals surface area (Å²) in [5, 5.41) is 3.39. The lowest BCUT2D eigenvalue weighted by Crippen LogP contribution is -2.25. The Morgan fingerprint density at radius 1 is 1.42 bits per heavy atom. The van der Waals surface area contributed by atoms with Gasteiger partial charge in [-0.1, -0.05) is 32.8 Å². The van der Waals surface area contributed by atoms with Crippen molar-refractivity contribution in [2.24, 2.45) is 0 Å². The van der Waals surface area contributed by atoms with E-state index in [1.165, 1.54) is 5.56 Å². The minimum absolute atomic E-state index is 0.496. The van der Waals surface area contributed by atoms with Crippen LogP contribution < -0.4 is 5.32 Å². The zero-order chi connectivity index (χ0) is 14.1. The zero-order valence-electron chi connectivity index (χ0n) is 12.3. The molecule has 19 heavy (non-hydrogen) atoms. The van der Waals surface area contributed by atoms with E-state index in [4.69, 9.17) is 6.42 Å². The van der Waals surface area contributed by atoms with Crippen molar-refractivity contribution in [1.82, 2.24) is 15.2 Å². The fraction of sp³-hybridized carbons (Fsp3) is 0.562. The molecule has 0 saturated heterocycles. The first-order valence-electron chi connectivity index (χ1n) is 6.98. The Morgan fingerprint density at radius 2 is 2.21 bits per heavy atom. The maximum atomic E-state index is 5.38. The van der Waals surface area contributed by atoms with Crippen LogP contribution >= 0.6 is 0 Å². The van der Waals surface area contributed by atoms with E-state index in [2.05, 4.69) is 54.0 Å². The largest absolute Gasteiger partial charge is 0.310 e. The lowest BCUT2D eigenvalue weighted by molar-refractivity contribution is 0.296. The van der Waals surface area contributed by atoms with Crippen LogP contribution in [0, 0.1) is 12.3 Å². The number of aromatic nitrogens is 1. The highest BCUT2D eigenvalue weighted by molar-refractivity contribution is 5.14. The molecule has 1 rings (SSSR count). The van der Waals surface area contributed by atoms with Gasteiger partial charge in [-0.3, -0.25) is 9.88 Å². The molecule has 1 aromatic heterocycles. The summed E-state index contributed by atoms with van der Waals surface area (Å²) >= 11 is 0. The van der Waals surface area contributed by atoms with Crippen molar-refractivity contribution in [3.8, 4) is 12.3 Å². The second-order valence-electron chi connectivity index (χ2n) is 5.11. The van der Waals surface area contributed by atoms with Crippen LogP contribution in [-0.4, -0.2) is 29.0 Å². The monoisotopic (exact) mass is 259 g/mol. The Morgan fingerprint density at radius 3 is 2.74 bits per heavy atom. The van der Waals surface area contributed by atoms with Crippen LogP contribution in [0.4, 0.5) is 0 Å². The lowest BCUT2D eigenvalue weighted by Gasteiger charge is -2.18. The van der Waals surface area contributed by atoms with E-state index in [0.717, 1.165) is 31.7 Å². The summed E-state index contributed by atoms with van der Waals surface area (Å²) in [5.74, 6) is 2.71. The molecule has 0 atom stereocenters. The Labute approximate surface area is 117 Å². The lowest BCUT2D eigenvalue weighted by atomic mass is 10.2. The smallest absolute Gasteiger partial charge is 0.0602 e. The van der Waals surface area contributed by atoms with Crippen molar-refractivity contribution in [1.29, 1.82) is 0 Å². The minimum Gasteiger partial charge on any atom is -0.310 e. The molecule has 0 fully saturated rings. The fourth-order valence-electron chi connectivity index (χ4n) is 1.86. The average molecular weight is 259 g/mol. The van der Waals surface area contributed by atoms with Crippen LogP contribution in [0.15, 0.2) is 18.3 Å². The molecule has 0 amide bonds. The predicted octanol–water partition coefficient (Wildman–Crippen LogP) is 2.42. The average Bonchev–Trinajstić information content (AvgIpc) is 2.38. The van der Waals surface area contributed by atoms with Gasteiger partial charge >= 0.3 is 0 Å². The number of rotatable bonds is 8. The van der Waals surface area contributed by atoms with Gasteiger partial charge in [-0.2, -0.15) is 0 Å². The number of nitrogens with one attached hydrogen (secondary N) is 1. The Balaban J connectivity index is 2.53. The summed E-state index contributed by atoms with van der Waals surface area (Å²) in [6.07, 6.45) is 8.44. The molecule has 3 nitrogen and oxygen atoms in total. The number of hydrogen-bond donors (Lipinski definition) is 1. The normalized spacial score (nSPS) is 10.9. The van der Waals surface area contributed by atoms with Gasteiger partial charge in [0.05, 0.1) is 12.2 Å². The molecule has 0 aromatic carbocycles. The van der Waals surface area contributed by atoms with Crippen LogP contribution in [0.25, 0.3) is 0 Å². The molecule has 0 saturated carbocycles. The van der Waals surface area contributed by atoms with Gasteiger partial charge < -0.3 is 5.32 Å².